The van der Waals surface area contributed by atoms with E-state index in [4.69, 9.17) is 0 Å². The molecule has 0 bridgehead atoms. The van der Waals surface area contributed by atoms with Crippen molar-refractivity contribution < 1.29 is 39.6 Å². The average molecular weight is 545 g/mol. The highest BCUT2D eigenvalue weighted by Gasteiger charge is 2.52. The minimum absolute atomic E-state index is 0.177. The quantitative estimate of drug-likeness (QED) is 0.476. The Morgan fingerprint density at radius 1 is 1.08 bits per heavy atom. The molecule has 1 atom stereocenters. The molecule has 1 N–H and O–H groups in total. The van der Waals surface area contributed by atoms with Crippen LogP contribution in [0.3, 0.4) is 0 Å². The van der Waals surface area contributed by atoms with Crippen LogP contribution in [0.1, 0.15) is 17.8 Å². The van der Waals surface area contributed by atoms with Gasteiger partial charge in [-0.15, -0.1) is 0 Å². The second-order valence-electron chi connectivity index (χ2n) is 8.12. The number of sulfonamides is 1. The number of pyridine rings is 1. The Morgan fingerprint density at radius 3 is 2.41 bits per heavy atom. The third kappa shape index (κ3) is 5.88. The number of halogens is 6. The predicted molar refractivity (Wildman–Crippen MR) is 116 cm³/mol. The van der Waals surface area contributed by atoms with Crippen molar-refractivity contribution in [2.24, 2.45) is 0 Å². The first-order valence-corrected chi connectivity index (χ1v) is 12.0. The fourth-order valence-corrected chi connectivity index (χ4v) is 5.28. The molecule has 1 aliphatic heterocycles. The summed E-state index contributed by atoms with van der Waals surface area (Å²) in [6.07, 6.45) is -3.63. The number of rotatable bonds is 6. The van der Waals surface area contributed by atoms with Crippen LogP contribution in [0.5, 0.6) is 0 Å². The second-order valence-corrected chi connectivity index (χ2v) is 10.0. The summed E-state index contributed by atoms with van der Waals surface area (Å²) in [5, 5.41) is 2.36. The maximum absolute atomic E-state index is 14.2. The number of nitrogens with one attached hydrogen (secondary N) is 1. The monoisotopic (exact) mass is 545 g/mol. The summed E-state index contributed by atoms with van der Waals surface area (Å²) in [4.78, 5) is 23.5. The maximum atomic E-state index is 14.2. The molecule has 37 heavy (non-hydrogen) atoms. The van der Waals surface area contributed by atoms with E-state index in [9.17, 15) is 39.6 Å². The van der Waals surface area contributed by atoms with Crippen LogP contribution in [0.25, 0.3) is 11.3 Å². The van der Waals surface area contributed by atoms with Crippen LogP contribution in [-0.2, 0) is 27.5 Å². The molecule has 0 radical (unpaired) electrons. The van der Waals surface area contributed by atoms with Crippen LogP contribution in [0.15, 0.2) is 59.9 Å². The lowest BCUT2D eigenvalue weighted by atomic mass is 10.1. The molecule has 1 aromatic carbocycles. The van der Waals surface area contributed by atoms with Gasteiger partial charge in [0.05, 0.1) is 29.4 Å². The highest BCUT2D eigenvalue weighted by Crippen LogP contribution is 2.36. The van der Waals surface area contributed by atoms with E-state index in [2.05, 4.69) is 20.3 Å². The van der Waals surface area contributed by atoms with Crippen molar-refractivity contribution in [3.05, 3.63) is 72.2 Å². The number of hydrogen-bond donors (Lipinski definition) is 1. The van der Waals surface area contributed by atoms with E-state index in [1.165, 1.54) is 6.07 Å². The number of hydrogen-bond acceptors (Lipinski definition) is 6. The van der Waals surface area contributed by atoms with Gasteiger partial charge in [0.2, 0.25) is 15.9 Å². The molecule has 0 unspecified atom stereocenters. The van der Waals surface area contributed by atoms with Gasteiger partial charge in [-0.1, -0.05) is 0 Å². The Bertz CT molecular complexity index is 1400. The summed E-state index contributed by atoms with van der Waals surface area (Å²) in [6, 6.07) is 5.06. The molecule has 1 aliphatic rings. The molecule has 0 saturated carbocycles. The first kappa shape index (κ1) is 26.5. The van der Waals surface area contributed by atoms with Gasteiger partial charge in [0.25, 0.3) is 5.92 Å². The van der Waals surface area contributed by atoms with Crippen molar-refractivity contribution in [1.82, 2.24) is 24.6 Å². The molecule has 2 aromatic heterocycles. The number of aromatic nitrogens is 3. The number of nitrogens with zero attached hydrogens (tertiary/aromatic N) is 4. The summed E-state index contributed by atoms with van der Waals surface area (Å²) in [5.41, 5.74) is -0.495. The topological polar surface area (TPSA) is 105 Å². The molecular formula is C22H17F6N5O3S. The lowest BCUT2D eigenvalue weighted by Crippen LogP contribution is -2.45. The van der Waals surface area contributed by atoms with Gasteiger partial charge in [-0.25, -0.2) is 31.6 Å². The third-order valence-corrected chi connectivity index (χ3v) is 7.34. The van der Waals surface area contributed by atoms with Gasteiger partial charge in [-0.3, -0.25) is 9.78 Å². The Kier molecular flexibility index (Phi) is 6.94. The van der Waals surface area contributed by atoms with Gasteiger partial charge in [-0.2, -0.15) is 17.5 Å². The zero-order valence-corrected chi connectivity index (χ0v) is 19.4. The fraction of sp³-hybridized carbons (Fsp3) is 0.273. The molecule has 0 spiro atoms. The van der Waals surface area contributed by atoms with Gasteiger partial charge in [0, 0.05) is 18.2 Å². The van der Waals surface area contributed by atoms with E-state index in [1.807, 2.05) is 0 Å². The van der Waals surface area contributed by atoms with Crippen LogP contribution in [0.2, 0.25) is 0 Å². The van der Waals surface area contributed by atoms with Gasteiger partial charge in [-0.05, 0) is 42.5 Å². The van der Waals surface area contributed by atoms with E-state index in [-0.39, 0.29) is 23.5 Å². The third-order valence-electron chi connectivity index (χ3n) is 5.47. The smallest absolute Gasteiger partial charge is 0.349 e. The highest BCUT2D eigenvalue weighted by atomic mass is 32.2. The molecule has 196 valence electrons. The molecule has 3 heterocycles. The standard InChI is InChI=1S/C22H17F6N5O3S/c23-14-2-4-16(5-3-14)37(35,36)33-11-21(24,25)8-18(33)20(34)30-10-15-7-17(32-12-31-15)13-1-6-19(29-9-13)22(26,27)28/h1-7,9,12,18H,8,10-11H2,(H,30,34)/t18-/m0/s1. The zero-order valence-electron chi connectivity index (χ0n) is 18.6. The molecule has 1 saturated heterocycles. The normalized spacial score (nSPS) is 18.1. The first-order chi connectivity index (χ1) is 17.3. The molecular weight excluding hydrogens is 528 g/mol. The number of amides is 1. The van der Waals surface area contributed by atoms with Gasteiger partial charge in [0.1, 0.15) is 23.9 Å². The summed E-state index contributed by atoms with van der Waals surface area (Å²) in [5.74, 6) is -5.22. The lowest BCUT2D eigenvalue weighted by molar-refractivity contribution is -0.141. The fourth-order valence-electron chi connectivity index (χ4n) is 3.67. The second kappa shape index (κ2) is 9.70. The van der Waals surface area contributed by atoms with Crippen molar-refractivity contribution in [3.8, 4) is 11.3 Å². The molecule has 1 amide bonds. The van der Waals surface area contributed by atoms with Crippen LogP contribution in [-0.4, -0.2) is 52.1 Å². The van der Waals surface area contributed by atoms with E-state index >= 15 is 0 Å². The van der Waals surface area contributed by atoms with Crippen molar-refractivity contribution in [1.29, 1.82) is 0 Å². The molecule has 8 nitrogen and oxygen atoms in total. The van der Waals surface area contributed by atoms with Crippen LogP contribution in [0.4, 0.5) is 26.3 Å². The Labute approximate surface area is 206 Å². The predicted octanol–water partition coefficient (Wildman–Crippen LogP) is 3.41. The summed E-state index contributed by atoms with van der Waals surface area (Å²) < 4.78 is 106. The molecule has 0 aliphatic carbocycles. The van der Waals surface area contributed by atoms with Gasteiger partial charge in [0.15, 0.2) is 0 Å². The average Bonchev–Trinajstić information content (AvgIpc) is 3.19. The lowest BCUT2D eigenvalue weighted by Gasteiger charge is -2.22. The molecule has 15 heteroatoms. The Hall–Kier alpha value is -3.59. The van der Waals surface area contributed by atoms with E-state index in [0.717, 1.165) is 48.9 Å². The maximum Gasteiger partial charge on any atom is 0.433 e. The molecule has 3 aromatic rings. The van der Waals surface area contributed by atoms with E-state index in [1.54, 1.807) is 0 Å². The van der Waals surface area contributed by atoms with Crippen LogP contribution >= 0.6 is 0 Å². The summed E-state index contributed by atoms with van der Waals surface area (Å²) in [6.45, 7) is -1.54. The van der Waals surface area contributed by atoms with Gasteiger partial charge < -0.3 is 5.32 Å². The SMILES string of the molecule is O=C(NCc1cc(-c2ccc(C(F)(F)F)nc2)ncn1)[C@@H]1CC(F)(F)CN1S(=O)(=O)c1ccc(F)cc1. The van der Waals surface area contributed by atoms with E-state index < -0.39 is 63.4 Å². The number of alkyl halides is 5. The van der Waals surface area contributed by atoms with Crippen molar-refractivity contribution in [3.63, 3.8) is 0 Å². The van der Waals surface area contributed by atoms with E-state index in [0.29, 0.717) is 4.31 Å². The van der Waals surface area contributed by atoms with Gasteiger partial charge >= 0.3 is 6.18 Å². The Balaban J connectivity index is 1.49. The molecule has 1 fully saturated rings. The van der Waals surface area contributed by atoms with Crippen molar-refractivity contribution >= 4 is 15.9 Å². The van der Waals surface area contributed by atoms with Crippen LogP contribution in [0, 0.1) is 5.82 Å². The number of benzene rings is 1. The zero-order chi connectivity index (χ0) is 27.0. The largest absolute Gasteiger partial charge is 0.433 e. The van der Waals surface area contributed by atoms with Crippen molar-refractivity contribution in [2.75, 3.05) is 6.54 Å². The minimum atomic E-state index is -4.62. The first-order valence-electron chi connectivity index (χ1n) is 10.5. The summed E-state index contributed by atoms with van der Waals surface area (Å²) >= 11 is 0. The number of carbonyl (C=O) groups excluding carboxylic acids is 1. The van der Waals surface area contributed by atoms with Crippen molar-refractivity contribution in [2.45, 2.75) is 36.0 Å². The molecule has 4 rings (SSSR count). The highest BCUT2D eigenvalue weighted by molar-refractivity contribution is 7.89. The minimum Gasteiger partial charge on any atom is -0.349 e. The number of carbonyl (C=O) groups is 1. The van der Waals surface area contributed by atoms with Crippen LogP contribution < -0.4 is 5.32 Å². The Morgan fingerprint density at radius 2 is 1.78 bits per heavy atom. The summed E-state index contributed by atoms with van der Waals surface area (Å²) in [7, 11) is -4.55.